The third-order valence-corrected chi connectivity index (χ3v) is 6.46. The Balaban J connectivity index is 1.68. The van der Waals surface area contributed by atoms with Crippen molar-refractivity contribution in [2.75, 3.05) is 13.2 Å². The van der Waals surface area contributed by atoms with Crippen molar-refractivity contribution in [1.29, 1.82) is 0 Å². The monoisotopic (exact) mass is 339 g/mol. The van der Waals surface area contributed by atoms with Crippen molar-refractivity contribution in [3.63, 3.8) is 0 Å². The molecule has 2 aromatic rings. The Morgan fingerprint density at radius 3 is 2.91 bits per heavy atom. The highest BCUT2D eigenvalue weighted by atomic mass is 32.2. The van der Waals surface area contributed by atoms with Gasteiger partial charge in [-0.25, -0.2) is 13.1 Å². The van der Waals surface area contributed by atoms with Crippen molar-refractivity contribution >= 4 is 21.4 Å². The van der Waals surface area contributed by atoms with Gasteiger partial charge in [0.2, 0.25) is 10.0 Å². The molecule has 0 aliphatic carbocycles. The topological polar surface area (TPSA) is 75.6 Å². The highest BCUT2D eigenvalue weighted by molar-refractivity contribution is 7.91. The van der Waals surface area contributed by atoms with Gasteiger partial charge in [-0.2, -0.15) is 0 Å². The highest BCUT2D eigenvalue weighted by Gasteiger charge is 2.20. The number of aryl methyl sites for hydroxylation is 1. The molecule has 2 N–H and O–H groups in total. The molecule has 0 bridgehead atoms. The molecule has 22 heavy (non-hydrogen) atoms. The molecule has 118 valence electrons. The second-order valence-electron chi connectivity index (χ2n) is 5.20. The highest BCUT2D eigenvalue weighted by Crippen LogP contribution is 2.28. The third-order valence-electron chi connectivity index (χ3n) is 3.55. The van der Waals surface area contributed by atoms with Gasteiger partial charge in [-0.1, -0.05) is 6.07 Å². The number of aliphatic hydroxyl groups excluding tert-OH is 1. The number of sulfonamides is 1. The molecule has 1 atom stereocenters. The van der Waals surface area contributed by atoms with Gasteiger partial charge in [-0.3, -0.25) is 0 Å². The van der Waals surface area contributed by atoms with Crippen LogP contribution >= 0.6 is 11.3 Å². The molecule has 1 aromatic carbocycles. The van der Waals surface area contributed by atoms with E-state index in [9.17, 15) is 13.5 Å². The average molecular weight is 339 g/mol. The first kappa shape index (κ1) is 15.5. The number of fused-ring (bicyclic) bond motifs is 1. The van der Waals surface area contributed by atoms with Crippen LogP contribution in [0.25, 0.3) is 0 Å². The van der Waals surface area contributed by atoms with Gasteiger partial charge >= 0.3 is 0 Å². The van der Waals surface area contributed by atoms with Crippen molar-refractivity contribution in [3.8, 4) is 5.75 Å². The van der Waals surface area contributed by atoms with E-state index in [1.54, 1.807) is 18.2 Å². The maximum absolute atomic E-state index is 12.1. The smallest absolute Gasteiger partial charge is 0.250 e. The van der Waals surface area contributed by atoms with Gasteiger partial charge in [0.1, 0.15) is 9.96 Å². The van der Waals surface area contributed by atoms with E-state index < -0.39 is 16.1 Å². The average Bonchev–Trinajstić information content (AvgIpc) is 3.12. The molecule has 0 fully saturated rings. The lowest BCUT2D eigenvalue weighted by Gasteiger charge is -2.13. The van der Waals surface area contributed by atoms with Crippen molar-refractivity contribution in [2.45, 2.75) is 23.7 Å². The maximum Gasteiger partial charge on any atom is 0.250 e. The summed E-state index contributed by atoms with van der Waals surface area (Å²) in [5.41, 5.74) is 1.74. The predicted octanol–water partition coefficient (Wildman–Crippen LogP) is 2.00. The summed E-state index contributed by atoms with van der Waals surface area (Å²) in [5, 5.41) is 10.2. The molecular formula is C15H17NO4S2. The molecule has 2 heterocycles. The van der Waals surface area contributed by atoms with Gasteiger partial charge in [0, 0.05) is 17.8 Å². The van der Waals surface area contributed by atoms with E-state index in [4.69, 9.17) is 4.74 Å². The van der Waals surface area contributed by atoms with Crippen molar-refractivity contribution < 1.29 is 18.3 Å². The van der Waals surface area contributed by atoms with E-state index in [1.807, 2.05) is 19.1 Å². The summed E-state index contributed by atoms with van der Waals surface area (Å²) in [6, 6.07) is 8.78. The second kappa shape index (κ2) is 6.00. The molecule has 7 heteroatoms. The van der Waals surface area contributed by atoms with Crippen LogP contribution in [0.3, 0.4) is 0 Å². The molecule has 0 saturated heterocycles. The molecule has 3 rings (SSSR count). The Bertz CT molecular complexity index is 783. The van der Waals surface area contributed by atoms with Crippen LogP contribution in [0.2, 0.25) is 0 Å². The van der Waals surface area contributed by atoms with E-state index >= 15 is 0 Å². The van der Waals surface area contributed by atoms with E-state index in [1.165, 1.54) is 11.3 Å². The molecule has 1 aliphatic heterocycles. The van der Waals surface area contributed by atoms with Gasteiger partial charge < -0.3 is 9.84 Å². The third kappa shape index (κ3) is 3.17. The van der Waals surface area contributed by atoms with Crippen LogP contribution in [0.5, 0.6) is 5.75 Å². The lowest BCUT2D eigenvalue weighted by atomic mass is 10.0. The summed E-state index contributed by atoms with van der Waals surface area (Å²) in [7, 11) is -3.57. The summed E-state index contributed by atoms with van der Waals surface area (Å²) in [6.45, 7) is 2.45. The molecule has 0 unspecified atom stereocenters. The Labute approximate surface area is 133 Å². The number of hydrogen-bond donors (Lipinski definition) is 2. The SMILES string of the molecule is Cc1ccc(S(=O)(=O)NC[C@H](O)c2ccc3c(c2)CCO3)s1. The first-order chi connectivity index (χ1) is 10.5. The lowest BCUT2D eigenvalue weighted by molar-refractivity contribution is 0.182. The van der Waals surface area contributed by atoms with Crippen LogP contribution in [0.1, 0.15) is 22.1 Å². The van der Waals surface area contributed by atoms with Gasteiger partial charge in [0.25, 0.3) is 0 Å². The largest absolute Gasteiger partial charge is 0.493 e. The Kier molecular flexibility index (Phi) is 4.22. The van der Waals surface area contributed by atoms with Crippen LogP contribution in [-0.4, -0.2) is 26.7 Å². The standard InChI is InChI=1S/C15H17NO4S2/c1-10-2-5-15(21-10)22(18,19)16-9-13(17)11-3-4-14-12(8-11)6-7-20-14/h2-5,8,13,16-17H,6-7,9H2,1H3/t13-/m0/s1. The van der Waals surface area contributed by atoms with Crippen LogP contribution in [-0.2, 0) is 16.4 Å². The van der Waals surface area contributed by atoms with Crippen LogP contribution in [0.15, 0.2) is 34.5 Å². The molecule has 1 aromatic heterocycles. The summed E-state index contributed by atoms with van der Waals surface area (Å²) in [6.07, 6.45) is -0.0717. The number of hydrogen-bond acceptors (Lipinski definition) is 5. The zero-order valence-electron chi connectivity index (χ0n) is 12.1. The summed E-state index contributed by atoms with van der Waals surface area (Å²) in [4.78, 5) is 0.930. The molecule has 0 amide bonds. The van der Waals surface area contributed by atoms with Gasteiger partial charge in [0.05, 0.1) is 12.7 Å². The van der Waals surface area contributed by atoms with Crippen molar-refractivity contribution in [3.05, 3.63) is 46.3 Å². The number of ether oxygens (including phenoxy) is 1. The predicted molar refractivity (Wildman–Crippen MR) is 84.8 cm³/mol. The zero-order valence-corrected chi connectivity index (χ0v) is 13.7. The fourth-order valence-corrected chi connectivity index (χ4v) is 4.71. The van der Waals surface area contributed by atoms with E-state index in [-0.39, 0.29) is 10.8 Å². The fraction of sp³-hybridized carbons (Fsp3) is 0.333. The van der Waals surface area contributed by atoms with Crippen LogP contribution < -0.4 is 9.46 Å². The van der Waals surface area contributed by atoms with E-state index in [0.717, 1.165) is 22.6 Å². The van der Waals surface area contributed by atoms with E-state index in [2.05, 4.69) is 4.72 Å². The van der Waals surface area contributed by atoms with E-state index in [0.29, 0.717) is 12.2 Å². The second-order valence-corrected chi connectivity index (χ2v) is 8.48. The first-order valence-corrected chi connectivity index (χ1v) is 9.25. The first-order valence-electron chi connectivity index (χ1n) is 6.95. The number of thiophene rings is 1. The minimum absolute atomic E-state index is 0.0566. The fourth-order valence-electron chi connectivity index (χ4n) is 2.35. The minimum Gasteiger partial charge on any atom is -0.493 e. The molecule has 0 radical (unpaired) electrons. The number of rotatable bonds is 5. The summed E-state index contributed by atoms with van der Waals surface area (Å²) in [5.74, 6) is 0.839. The number of nitrogens with one attached hydrogen (secondary N) is 1. The minimum atomic E-state index is -3.57. The Morgan fingerprint density at radius 1 is 1.36 bits per heavy atom. The van der Waals surface area contributed by atoms with Crippen LogP contribution in [0.4, 0.5) is 0 Å². The Hall–Kier alpha value is -1.41. The molecule has 5 nitrogen and oxygen atoms in total. The van der Waals surface area contributed by atoms with Crippen molar-refractivity contribution in [1.82, 2.24) is 4.72 Å². The molecule has 1 aliphatic rings. The van der Waals surface area contributed by atoms with Crippen LogP contribution in [0, 0.1) is 6.92 Å². The quantitative estimate of drug-likeness (QED) is 0.874. The molecule has 0 spiro atoms. The number of benzene rings is 1. The summed E-state index contributed by atoms with van der Waals surface area (Å²) < 4.78 is 32.4. The zero-order chi connectivity index (χ0) is 15.7. The lowest BCUT2D eigenvalue weighted by Crippen LogP contribution is -2.28. The molecular weight excluding hydrogens is 322 g/mol. The van der Waals surface area contributed by atoms with Gasteiger partial charge in [-0.15, -0.1) is 11.3 Å². The van der Waals surface area contributed by atoms with Gasteiger partial charge in [-0.05, 0) is 42.3 Å². The molecule has 0 saturated carbocycles. The summed E-state index contributed by atoms with van der Waals surface area (Å²) >= 11 is 1.21. The Morgan fingerprint density at radius 2 is 2.18 bits per heavy atom. The normalized spacial score (nSPS) is 15.4. The number of aliphatic hydroxyl groups is 1. The van der Waals surface area contributed by atoms with Gasteiger partial charge in [0.15, 0.2) is 0 Å². The maximum atomic E-state index is 12.1. The van der Waals surface area contributed by atoms with Crippen molar-refractivity contribution in [2.24, 2.45) is 0 Å².